The molecule has 0 aliphatic rings. The highest BCUT2D eigenvalue weighted by molar-refractivity contribution is 5.96. The summed E-state index contributed by atoms with van der Waals surface area (Å²) >= 11 is 0. The van der Waals surface area contributed by atoms with E-state index in [2.05, 4.69) is 20.9 Å². The van der Waals surface area contributed by atoms with E-state index in [0.29, 0.717) is 0 Å². The molecule has 1 heterocycles. The lowest BCUT2D eigenvalue weighted by Crippen LogP contribution is -2.58. The van der Waals surface area contributed by atoms with Crippen LogP contribution in [0.15, 0.2) is 30.5 Å². The highest BCUT2D eigenvalue weighted by Gasteiger charge is 2.31. The number of hydrogen-bond donors (Lipinski definition) is 8. The van der Waals surface area contributed by atoms with Crippen LogP contribution >= 0.6 is 0 Å². The first-order valence-electron chi connectivity index (χ1n) is 12.8. The van der Waals surface area contributed by atoms with Gasteiger partial charge < -0.3 is 43.2 Å². The zero-order valence-corrected chi connectivity index (χ0v) is 22.4. The Morgan fingerprint density at radius 3 is 2.08 bits per heavy atom. The lowest BCUT2D eigenvalue weighted by Gasteiger charge is -2.25. The second-order valence-corrected chi connectivity index (χ2v) is 10.00. The van der Waals surface area contributed by atoms with Crippen LogP contribution in [0.25, 0.3) is 10.9 Å². The number of fused-ring (bicyclic) bond motifs is 1. The van der Waals surface area contributed by atoms with E-state index in [1.54, 1.807) is 6.20 Å². The molecule has 4 unspecified atom stereocenters. The van der Waals surface area contributed by atoms with Gasteiger partial charge in [-0.25, -0.2) is 4.79 Å². The maximum absolute atomic E-state index is 13.2. The average molecular weight is 560 g/mol. The maximum Gasteiger partial charge on any atom is 0.326 e. The molecule has 0 aliphatic heterocycles. The van der Waals surface area contributed by atoms with E-state index in [4.69, 9.17) is 17.2 Å². The Morgan fingerprint density at radius 1 is 0.875 bits per heavy atom. The zero-order valence-electron chi connectivity index (χ0n) is 22.4. The van der Waals surface area contributed by atoms with Crippen molar-refractivity contribution < 1.29 is 33.9 Å². The average Bonchev–Trinajstić information content (AvgIpc) is 3.27. The summed E-state index contributed by atoms with van der Waals surface area (Å²) in [7, 11) is 0. The number of primary amides is 2. The molecule has 5 amide bonds. The predicted octanol–water partition coefficient (Wildman–Crippen LogP) is -1.24. The lowest BCUT2D eigenvalue weighted by atomic mass is 10.0. The van der Waals surface area contributed by atoms with Crippen LogP contribution in [-0.2, 0) is 35.2 Å². The molecule has 218 valence electrons. The van der Waals surface area contributed by atoms with Gasteiger partial charge in [0.15, 0.2) is 0 Å². The first kappa shape index (κ1) is 31.8. The number of aliphatic carboxylic acids is 1. The van der Waals surface area contributed by atoms with Crippen molar-refractivity contribution in [2.24, 2.45) is 23.1 Å². The minimum Gasteiger partial charge on any atom is -0.480 e. The fraction of sp³-hybridized carbons (Fsp3) is 0.462. The molecule has 2 rings (SSSR count). The van der Waals surface area contributed by atoms with Gasteiger partial charge in [0, 0.05) is 23.5 Å². The Balaban J connectivity index is 2.13. The third-order valence-electron chi connectivity index (χ3n) is 6.12. The summed E-state index contributed by atoms with van der Waals surface area (Å²) in [6, 6.07) is 2.38. The number of carbonyl (C=O) groups is 6. The van der Waals surface area contributed by atoms with Crippen molar-refractivity contribution in [1.82, 2.24) is 20.9 Å². The van der Waals surface area contributed by atoms with Crippen LogP contribution in [0.5, 0.6) is 0 Å². The third-order valence-corrected chi connectivity index (χ3v) is 6.12. The molecule has 0 saturated carbocycles. The summed E-state index contributed by atoms with van der Waals surface area (Å²) in [4.78, 5) is 76.2. The monoisotopic (exact) mass is 559 g/mol. The van der Waals surface area contributed by atoms with Gasteiger partial charge in [-0.1, -0.05) is 32.0 Å². The summed E-state index contributed by atoms with van der Waals surface area (Å²) in [6.07, 6.45) is 0.887. The topological polar surface area (TPSA) is 253 Å². The van der Waals surface area contributed by atoms with Gasteiger partial charge in [0.25, 0.3) is 0 Å². The largest absolute Gasteiger partial charge is 0.480 e. The molecule has 1 aromatic heterocycles. The van der Waals surface area contributed by atoms with Gasteiger partial charge in [-0.2, -0.15) is 0 Å². The highest BCUT2D eigenvalue weighted by atomic mass is 16.4. The highest BCUT2D eigenvalue weighted by Crippen LogP contribution is 2.19. The molecule has 0 spiro atoms. The standard InChI is InChI=1S/C26H37N7O7/c1-13(2)9-19(32-23(36)16(27)10-14-12-30-17-6-4-3-5-15(14)17)24(37)33-20(11-22(29)35)25(38)31-18(26(39)40)7-8-21(28)34/h3-6,12-13,16,18-20,30H,7-11,27H2,1-2H3,(H2,28,34)(H2,29,35)(H,31,38)(H,32,36)(H,33,37)(H,39,40). The van der Waals surface area contributed by atoms with E-state index in [-0.39, 0.29) is 31.6 Å². The van der Waals surface area contributed by atoms with E-state index in [9.17, 15) is 33.9 Å². The van der Waals surface area contributed by atoms with Crippen LogP contribution in [0.1, 0.15) is 45.1 Å². The van der Waals surface area contributed by atoms with Crippen molar-refractivity contribution in [3.8, 4) is 0 Å². The van der Waals surface area contributed by atoms with Crippen molar-refractivity contribution in [2.45, 2.75) is 70.1 Å². The van der Waals surface area contributed by atoms with Crippen LogP contribution in [0.3, 0.4) is 0 Å². The number of aromatic nitrogens is 1. The van der Waals surface area contributed by atoms with Gasteiger partial charge in [-0.15, -0.1) is 0 Å². The van der Waals surface area contributed by atoms with Crippen molar-refractivity contribution in [1.29, 1.82) is 0 Å². The fourth-order valence-corrected chi connectivity index (χ4v) is 4.11. The minimum atomic E-state index is -1.54. The second-order valence-electron chi connectivity index (χ2n) is 10.00. The Kier molecular flexibility index (Phi) is 11.6. The van der Waals surface area contributed by atoms with Gasteiger partial charge in [0.1, 0.15) is 18.1 Å². The number of hydrogen-bond acceptors (Lipinski definition) is 7. The zero-order chi connectivity index (χ0) is 30.0. The summed E-state index contributed by atoms with van der Waals surface area (Å²) in [5.41, 5.74) is 18.2. The van der Waals surface area contributed by atoms with Crippen LogP contribution in [0.4, 0.5) is 0 Å². The number of H-pyrrole nitrogens is 1. The second kappa shape index (κ2) is 14.6. The van der Waals surface area contributed by atoms with Gasteiger partial charge in [-0.05, 0) is 36.8 Å². The Hall–Kier alpha value is -4.46. The number of nitrogens with one attached hydrogen (secondary N) is 4. The Labute approximate surface area is 230 Å². The first-order chi connectivity index (χ1) is 18.8. The quantitative estimate of drug-likeness (QED) is 0.123. The third kappa shape index (κ3) is 9.69. The van der Waals surface area contributed by atoms with Crippen LogP contribution < -0.4 is 33.2 Å². The van der Waals surface area contributed by atoms with Gasteiger partial charge in [0.2, 0.25) is 29.5 Å². The molecule has 11 N–H and O–H groups in total. The molecule has 0 aliphatic carbocycles. The van der Waals surface area contributed by atoms with Crippen molar-refractivity contribution in [3.05, 3.63) is 36.0 Å². The van der Waals surface area contributed by atoms with Crippen molar-refractivity contribution >= 4 is 46.4 Å². The molecule has 0 radical (unpaired) electrons. The number of carbonyl (C=O) groups excluding carboxylic acids is 5. The Morgan fingerprint density at radius 2 is 1.48 bits per heavy atom. The minimum absolute atomic E-state index is 0.0606. The summed E-state index contributed by atoms with van der Waals surface area (Å²) in [5.74, 6) is -5.59. The van der Waals surface area contributed by atoms with E-state index in [1.165, 1.54) is 0 Å². The molecule has 0 bridgehead atoms. The lowest BCUT2D eigenvalue weighted by molar-refractivity contribution is -0.142. The number of para-hydroxylation sites is 1. The molecule has 40 heavy (non-hydrogen) atoms. The summed E-state index contributed by atoms with van der Waals surface area (Å²) < 4.78 is 0. The smallest absolute Gasteiger partial charge is 0.326 e. The summed E-state index contributed by atoms with van der Waals surface area (Å²) in [6.45, 7) is 3.64. The SMILES string of the molecule is CC(C)CC(NC(=O)C(N)Cc1c[nH]c2ccccc12)C(=O)NC(CC(N)=O)C(=O)NC(CCC(N)=O)C(=O)O. The number of carboxylic acid groups (broad SMARTS) is 1. The van der Waals surface area contributed by atoms with E-state index in [0.717, 1.165) is 16.5 Å². The van der Waals surface area contributed by atoms with E-state index in [1.807, 2.05) is 38.1 Å². The van der Waals surface area contributed by atoms with Crippen LogP contribution in [0.2, 0.25) is 0 Å². The molecule has 1 aromatic carbocycles. The Bertz CT molecular complexity index is 1240. The van der Waals surface area contributed by atoms with Gasteiger partial charge in [0.05, 0.1) is 12.5 Å². The molecule has 0 saturated heterocycles. The number of benzene rings is 1. The van der Waals surface area contributed by atoms with Gasteiger partial charge >= 0.3 is 5.97 Å². The first-order valence-corrected chi connectivity index (χ1v) is 12.8. The molecule has 4 atom stereocenters. The van der Waals surface area contributed by atoms with E-state index >= 15 is 0 Å². The van der Waals surface area contributed by atoms with Crippen molar-refractivity contribution in [3.63, 3.8) is 0 Å². The predicted molar refractivity (Wildman–Crippen MR) is 145 cm³/mol. The van der Waals surface area contributed by atoms with Crippen molar-refractivity contribution in [2.75, 3.05) is 0 Å². The maximum atomic E-state index is 13.2. The molecular formula is C26H37N7O7. The molecule has 0 fully saturated rings. The fourth-order valence-electron chi connectivity index (χ4n) is 4.11. The molecule has 14 heteroatoms. The summed E-state index contributed by atoms with van der Waals surface area (Å²) in [5, 5.41) is 17.5. The molecule has 2 aromatic rings. The number of amides is 5. The molecular weight excluding hydrogens is 522 g/mol. The van der Waals surface area contributed by atoms with E-state index < -0.39 is 66.1 Å². The number of rotatable bonds is 16. The number of carboxylic acids is 1. The van der Waals surface area contributed by atoms with Crippen LogP contribution in [0, 0.1) is 5.92 Å². The number of nitrogens with two attached hydrogens (primary N) is 3. The molecule has 14 nitrogen and oxygen atoms in total. The van der Waals surface area contributed by atoms with Crippen LogP contribution in [-0.4, -0.2) is 69.8 Å². The van der Waals surface area contributed by atoms with Gasteiger partial charge in [-0.3, -0.25) is 24.0 Å². The normalized spacial score (nSPS) is 14.1. The number of aromatic amines is 1.